The van der Waals surface area contributed by atoms with E-state index in [1.54, 1.807) is 0 Å². The van der Waals surface area contributed by atoms with Gasteiger partial charge in [-0.1, -0.05) is 13.8 Å². The van der Waals surface area contributed by atoms with E-state index >= 15 is 0 Å². The Bertz CT molecular complexity index is 369. The van der Waals surface area contributed by atoms with Crippen molar-refractivity contribution in [2.24, 2.45) is 0 Å². The number of aryl methyl sites for hydroxylation is 2. The van der Waals surface area contributed by atoms with Crippen molar-refractivity contribution in [1.29, 1.82) is 0 Å². The molecule has 0 radical (unpaired) electrons. The second-order valence-electron chi connectivity index (χ2n) is 3.24. The van der Waals surface area contributed by atoms with E-state index in [9.17, 15) is 0 Å². The van der Waals surface area contributed by atoms with E-state index in [0.29, 0.717) is 0 Å². The van der Waals surface area contributed by atoms with Crippen molar-refractivity contribution in [3.8, 4) is 9.75 Å². The Balaban J connectivity index is 2.29. The third kappa shape index (κ3) is 1.91. The molecule has 0 nitrogen and oxygen atoms in total. The van der Waals surface area contributed by atoms with E-state index in [1.807, 2.05) is 22.7 Å². The van der Waals surface area contributed by atoms with Crippen LogP contribution in [0.25, 0.3) is 9.75 Å². The highest BCUT2D eigenvalue weighted by Gasteiger charge is 2.04. The molecule has 0 unspecified atom stereocenters. The lowest BCUT2D eigenvalue weighted by Gasteiger charge is -1.89. The molecule has 0 aromatic carbocycles. The predicted octanol–water partition coefficient (Wildman–Crippen LogP) is 4.60. The van der Waals surface area contributed by atoms with Gasteiger partial charge in [-0.15, -0.1) is 22.7 Å². The van der Waals surface area contributed by atoms with Gasteiger partial charge in [0, 0.05) is 19.5 Å². The van der Waals surface area contributed by atoms with Gasteiger partial charge in [-0.3, -0.25) is 0 Å². The van der Waals surface area contributed by atoms with Gasteiger partial charge in [0.1, 0.15) is 0 Å². The maximum atomic E-state index is 2.24. The molecule has 0 spiro atoms. The lowest BCUT2D eigenvalue weighted by atomic mass is 10.3. The Labute approximate surface area is 93.2 Å². The fourth-order valence-electron chi connectivity index (χ4n) is 1.40. The van der Waals surface area contributed by atoms with Crippen LogP contribution in [0.3, 0.4) is 0 Å². The molecule has 74 valence electrons. The van der Waals surface area contributed by atoms with Crippen LogP contribution in [0.1, 0.15) is 23.6 Å². The van der Waals surface area contributed by atoms with Crippen LogP contribution in [0.2, 0.25) is 0 Å². The molecule has 0 saturated heterocycles. The predicted molar refractivity (Wildman–Crippen MR) is 66.4 cm³/mol. The van der Waals surface area contributed by atoms with Gasteiger partial charge in [0.05, 0.1) is 0 Å². The fraction of sp³-hybridized carbons (Fsp3) is 0.333. The molecule has 0 aliphatic rings. The minimum Gasteiger partial charge on any atom is -0.139 e. The van der Waals surface area contributed by atoms with Crippen molar-refractivity contribution in [2.75, 3.05) is 0 Å². The molecule has 0 atom stereocenters. The van der Waals surface area contributed by atoms with Crippen molar-refractivity contribution < 1.29 is 0 Å². The molecule has 2 aromatic rings. The van der Waals surface area contributed by atoms with E-state index in [1.165, 1.54) is 19.5 Å². The van der Waals surface area contributed by atoms with E-state index in [4.69, 9.17) is 0 Å². The van der Waals surface area contributed by atoms with Crippen LogP contribution >= 0.6 is 22.7 Å². The number of hydrogen-bond donors (Lipinski definition) is 0. The van der Waals surface area contributed by atoms with Gasteiger partial charge in [0.2, 0.25) is 0 Å². The van der Waals surface area contributed by atoms with Gasteiger partial charge in [0.15, 0.2) is 0 Å². The van der Waals surface area contributed by atoms with Crippen LogP contribution < -0.4 is 0 Å². The third-order valence-corrected chi connectivity index (χ3v) is 4.92. The van der Waals surface area contributed by atoms with Gasteiger partial charge in [0.25, 0.3) is 0 Å². The smallest absolute Gasteiger partial charge is 0.0445 e. The van der Waals surface area contributed by atoms with Gasteiger partial charge >= 0.3 is 0 Å². The van der Waals surface area contributed by atoms with Crippen molar-refractivity contribution >= 4 is 22.7 Å². The van der Waals surface area contributed by atoms with Crippen LogP contribution in [0, 0.1) is 0 Å². The molecule has 0 bridgehead atoms. The highest BCUT2D eigenvalue weighted by Crippen LogP contribution is 2.33. The first kappa shape index (κ1) is 9.94. The van der Waals surface area contributed by atoms with Crippen LogP contribution in [0.4, 0.5) is 0 Å². The Kier molecular flexibility index (Phi) is 3.04. The van der Waals surface area contributed by atoms with Crippen molar-refractivity contribution in [3.63, 3.8) is 0 Å². The molecule has 2 heteroatoms. The summed E-state index contributed by atoms with van der Waals surface area (Å²) in [7, 11) is 0. The molecule has 0 aliphatic carbocycles. The van der Waals surface area contributed by atoms with E-state index < -0.39 is 0 Å². The van der Waals surface area contributed by atoms with Crippen LogP contribution in [-0.2, 0) is 12.8 Å². The van der Waals surface area contributed by atoms with E-state index in [0.717, 1.165) is 12.8 Å². The first-order chi connectivity index (χ1) is 6.83. The summed E-state index contributed by atoms with van der Waals surface area (Å²) in [4.78, 5) is 5.80. The highest BCUT2D eigenvalue weighted by atomic mass is 32.1. The minimum atomic E-state index is 1.15. The monoisotopic (exact) mass is 222 g/mol. The zero-order valence-electron chi connectivity index (χ0n) is 8.54. The van der Waals surface area contributed by atoms with Crippen LogP contribution in [0.15, 0.2) is 24.3 Å². The molecule has 0 N–H and O–H groups in total. The van der Waals surface area contributed by atoms with Gasteiger partial charge in [-0.2, -0.15) is 0 Å². The van der Waals surface area contributed by atoms with Gasteiger partial charge < -0.3 is 0 Å². The first-order valence-corrected chi connectivity index (χ1v) is 6.64. The topological polar surface area (TPSA) is 0 Å². The summed E-state index contributed by atoms with van der Waals surface area (Å²) in [5.74, 6) is 0. The summed E-state index contributed by atoms with van der Waals surface area (Å²) >= 11 is 3.84. The SMILES string of the molecule is CCc1ccc(-c2ccc(CC)s2)s1. The summed E-state index contributed by atoms with van der Waals surface area (Å²) in [6, 6.07) is 8.97. The lowest BCUT2D eigenvalue weighted by Crippen LogP contribution is -1.64. The Hall–Kier alpha value is -0.600. The lowest BCUT2D eigenvalue weighted by molar-refractivity contribution is 1.19. The van der Waals surface area contributed by atoms with Crippen molar-refractivity contribution in [2.45, 2.75) is 26.7 Å². The second kappa shape index (κ2) is 4.28. The number of rotatable bonds is 3. The molecule has 0 amide bonds. The standard InChI is InChI=1S/C12H14S2/c1-3-9-5-7-11(13-9)12-8-6-10(4-2)14-12/h5-8H,3-4H2,1-2H3. The Morgan fingerprint density at radius 3 is 1.50 bits per heavy atom. The molecule has 0 fully saturated rings. The Morgan fingerprint density at radius 1 is 0.786 bits per heavy atom. The molecule has 0 saturated carbocycles. The normalized spacial score (nSPS) is 10.7. The number of thiophene rings is 2. The molecular formula is C12H14S2. The highest BCUT2D eigenvalue weighted by molar-refractivity contribution is 7.22. The average molecular weight is 222 g/mol. The van der Waals surface area contributed by atoms with Crippen molar-refractivity contribution in [3.05, 3.63) is 34.0 Å². The summed E-state index contributed by atoms with van der Waals surface area (Å²) in [6.45, 7) is 4.42. The molecular weight excluding hydrogens is 208 g/mol. The zero-order chi connectivity index (χ0) is 9.97. The molecule has 2 aromatic heterocycles. The third-order valence-electron chi connectivity index (χ3n) is 2.26. The quantitative estimate of drug-likeness (QED) is 0.712. The summed E-state index contributed by atoms with van der Waals surface area (Å²) in [5, 5.41) is 0. The fourth-order valence-corrected chi connectivity index (χ4v) is 3.39. The molecule has 2 heterocycles. The minimum absolute atomic E-state index is 1.15. The van der Waals surface area contributed by atoms with Gasteiger partial charge in [-0.05, 0) is 37.1 Å². The van der Waals surface area contributed by atoms with Crippen molar-refractivity contribution in [1.82, 2.24) is 0 Å². The number of hydrogen-bond acceptors (Lipinski definition) is 2. The average Bonchev–Trinajstić information content (AvgIpc) is 2.86. The second-order valence-corrected chi connectivity index (χ2v) is 5.58. The van der Waals surface area contributed by atoms with Crippen LogP contribution in [0.5, 0.6) is 0 Å². The Morgan fingerprint density at radius 2 is 1.21 bits per heavy atom. The molecule has 2 rings (SSSR count). The molecule has 0 aliphatic heterocycles. The van der Waals surface area contributed by atoms with Gasteiger partial charge in [-0.25, -0.2) is 0 Å². The largest absolute Gasteiger partial charge is 0.139 e. The maximum absolute atomic E-state index is 2.24. The maximum Gasteiger partial charge on any atom is 0.0445 e. The summed E-state index contributed by atoms with van der Waals surface area (Å²) in [6.07, 6.45) is 2.30. The summed E-state index contributed by atoms with van der Waals surface area (Å²) in [5.41, 5.74) is 0. The van der Waals surface area contributed by atoms with E-state index in [-0.39, 0.29) is 0 Å². The molecule has 14 heavy (non-hydrogen) atoms. The zero-order valence-corrected chi connectivity index (χ0v) is 10.2. The van der Waals surface area contributed by atoms with E-state index in [2.05, 4.69) is 38.1 Å². The summed E-state index contributed by atoms with van der Waals surface area (Å²) < 4.78 is 0. The first-order valence-electron chi connectivity index (χ1n) is 5.01. The van der Waals surface area contributed by atoms with Crippen LogP contribution in [-0.4, -0.2) is 0 Å².